The maximum absolute atomic E-state index is 13.3. The summed E-state index contributed by atoms with van der Waals surface area (Å²) in [7, 11) is 0. The molecule has 0 unspecified atom stereocenters. The highest BCUT2D eigenvalue weighted by Crippen LogP contribution is 2.65. The maximum Gasteiger partial charge on any atom is 0.316 e. The number of rotatable bonds is 4. The van der Waals surface area contributed by atoms with Crippen LogP contribution < -0.4 is 14.5 Å². The highest BCUT2D eigenvalue weighted by molar-refractivity contribution is 6.31. The van der Waals surface area contributed by atoms with E-state index in [1.54, 1.807) is 35.2 Å². The lowest BCUT2D eigenvalue weighted by Crippen LogP contribution is -2.40. The number of carbonyl (C=O) groups excluding carboxylic acids is 4. The molecule has 8 rings (SSSR count). The molecule has 2 heterocycles. The smallest absolute Gasteiger partial charge is 0.316 e. The van der Waals surface area contributed by atoms with E-state index in [1.165, 1.54) is 4.90 Å². The van der Waals surface area contributed by atoms with Gasteiger partial charge in [-0.05, 0) is 79.0 Å². The first-order valence-electron chi connectivity index (χ1n) is 12.8. The van der Waals surface area contributed by atoms with Gasteiger partial charge in [0.2, 0.25) is 17.7 Å². The fourth-order valence-electron chi connectivity index (χ4n) is 6.94. The molecule has 0 spiro atoms. The van der Waals surface area contributed by atoms with Crippen molar-refractivity contribution in [1.29, 1.82) is 0 Å². The van der Waals surface area contributed by atoms with Crippen LogP contribution in [0.5, 0.6) is 5.75 Å². The lowest BCUT2D eigenvalue weighted by molar-refractivity contribution is -0.139. The van der Waals surface area contributed by atoms with Crippen LogP contribution in [0.2, 0.25) is 5.02 Å². The maximum atomic E-state index is 13.3. The SMILES string of the molecule is Cc1ccc(N2C[C@H](C(=O)Oc3ccc(N4C(=O)[C@@H]5[C@H]6C=C[C@@H]([C@@H]7C[C@H]67)[C@H]5C4=O)cc3)CC2=O)cc1Cl. The number of anilines is 2. The molecule has 0 aromatic heterocycles. The van der Waals surface area contributed by atoms with Crippen molar-refractivity contribution in [2.75, 3.05) is 16.3 Å². The summed E-state index contributed by atoms with van der Waals surface area (Å²) in [5.74, 6) is -0.261. The molecule has 0 N–H and O–H groups in total. The Kier molecular flexibility index (Phi) is 4.93. The Bertz CT molecular complexity index is 1370. The second-order valence-corrected chi connectivity index (χ2v) is 11.3. The number of amides is 3. The second-order valence-electron chi connectivity index (χ2n) is 10.9. The van der Waals surface area contributed by atoms with E-state index in [4.69, 9.17) is 16.3 Å². The topological polar surface area (TPSA) is 84.0 Å². The highest BCUT2D eigenvalue weighted by atomic mass is 35.5. The molecule has 7 atom stereocenters. The van der Waals surface area contributed by atoms with Crippen LogP contribution in [-0.4, -0.2) is 30.2 Å². The lowest BCUT2D eigenvalue weighted by Gasteiger charge is -2.37. The number of carbonyl (C=O) groups is 4. The van der Waals surface area contributed by atoms with Gasteiger partial charge in [-0.15, -0.1) is 0 Å². The van der Waals surface area contributed by atoms with E-state index in [2.05, 4.69) is 12.2 Å². The van der Waals surface area contributed by atoms with Gasteiger partial charge in [-0.3, -0.25) is 24.1 Å². The molecule has 2 aromatic rings. The first-order chi connectivity index (χ1) is 17.8. The summed E-state index contributed by atoms with van der Waals surface area (Å²) in [6, 6.07) is 11.9. The Morgan fingerprint density at radius 2 is 1.54 bits per heavy atom. The number of benzene rings is 2. The molecule has 7 nitrogen and oxygen atoms in total. The van der Waals surface area contributed by atoms with Gasteiger partial charge in [0.1, 0.15) is 5.75 Å². The van der Waals surface area contributed by atoms with Crippen molar-refractivity contribution in [3.05, 3.63) is 65.2 Å². The molecule has 6 aliphatic rings. The van der Waals surface area contributed by atoms with Crippen LogP contribution in [0.25, 0.3) is 0 Å². The third-order valence-corrected chi connectivity index (χ3v) is 9.31. The Balaban J connectivity index is 1.03. The van der Waals surface area contributed by atoms with Crippen molar-refractivity contribution in [3.8, 4) is 5.75 Å². The van der Waals surface area contributed by atoms with Gasteiger partial charge in [-0.25, -0.2) is 0 Å². The normalized spacial score (nSPS) is 33.1. The number of hydrogen-bond donors (Lipinski definition) is 0. The summed E-state index contributed by atoms with van der Waals surface area (Å²) >= 11 is 6.21. The Hall–Kier alpha value is -3.45. The number of ether oxygens (including phenoxy) is 1. The van der Waals surface area contributed by atoms with Gasteiger partial charge in [0, 0.05) is 23.7 Å². The zero-order chi connectivity index (χ0) is 25.6. The third kappa shape index (κ3) is 3.40. The summed E-state index contributed by atoms with van der Waals surface area (Å²) in [4.78, 5) is 54.9. The Morgan fingerprint density at radius 1 is 0.919 bits per heavy atom. The summed E-state index contributed by atoms with van der Waals surface area (Å²) < 4.78 is 5.56. The lowest BCUT2D eigenvalue weighted by atomic mass is 9.63. The standard InChI is InChI=1S/C29H25ClN2O5/c1-14-2-3-17(11-23(14)30)31-13-15(10-24(31)33)29(36)37-18-6-4-16(5-7-18)32-27(34)25-19-8-9-20(22-12-21(19)22)26(25)28(32)35/h2-9,11,15,19-22,25-26H,10,12-13H2,1H3/t15-,19+,20+,21-,22+,25-,26-/m1/s1. The largest absolute Gasteiger partial charge is 0.426 e. The predicted octanol–water partition coefficient (Wildman–Crippen LogP) is 4.16. The molecule has 0 radical (unpaired) electrons. The van der Waals surface area contributed by atoms with Crippen molar-refractivity contribution in [2.24, 2.45) is 41.4 Å². The number of hydrogen-bond acceptors (Lipinski definition) is 5. The van der Waals surface area contributed by atoms with Crippen molar-refractivity contribution in [2.45, 2.75) is 19.8 Å². The fraction of sp³-hybridized carbons (Fsp3) is 0.379. The first-order valence-corrected chi connectivity index (χ1v) is 13.1. The Morgan fingerprint density at radius 3 is 2.16 bits per heavy atom. The van der Waals surface area contributed by atoms with Crippen LogP contribution in [0.15, 0.2) is 54.6 Å². The van der Waals surface area contributed by atoms with Crippen LogP contribution in [0.1, 0.15) is 18.4 Å². The number of nitrogens with zero attached hydrogens (tertiary/aromatic N) is 2. The van der Waals surface area contributed by atoms with Gasteiger partial charge in [0.05, 0.1) is 23.4 Å². The van der Waals surface area contributed by atoms with Crippen LogP contribution in [-0.2, 0) is 19.2 Å². The van der Waals surface area contributed by atoms with Crippen molar-refractivity contribution in [1.82, 2.24) is 0 Å². The molecule has 2 aromatic carbocycles. The zero-order valence-corrected chi connectivity index (χ0v) is 20.9. The molecule has 37 heavy (non-hydrogen) atoms. The molecule has 4 fully saturated rings. The van der Waals surface area contributed by atoms with Crippen molar-refractivity contribution >= 4 is 46.7 Å². The molecule has 2 saturated heterocycles. The molecule has 2 aliphatic heterocycles. The number of esters is 1. The fourth-order valence-corrected chi connectivity index (χ4v) is 7.11. The summed E-state index contributed by atoms with van der Waals surface area (Å²) in [6.45, 7) is 2.10. The van der Waals surface area contributed by atoms with E-state index in [0.29, 0.717) is 34.0 Å². The molecule has 3 amide bonds. The molecule has 188 valence electrons. The second kappa shape index (κ2) is 8.02. The van der Waals surface area contributed by atoms with Gasteiger partial charge in [0.15, 0.2) is 0 Å². The highest BCUT2D eigenvalue weighted by Gasteiger charge is 2.67. The van der Waals surface area contributed by atoms with Crippen LogP contribution in [0.3, 0.4) is 0 Å². The van der Waals surface area contributed by atoms with E-state index in [9.17, 15) is 19.2 Å². The quantitative estimate of drug-likeness (QED) is 0.264. The number of aryl methyl sites for hydroxylation is 1. The van der Waals surface area contributed by atoms with Gasteiger partial charge >= 0.3 is 5.97 Å². The molecule has 8 heteroatoms. The average Bonchev–Trinajstić information content (AvgIpc) is 3.57. The number of allylic oxidation sites excluding steroid dienone is 2. The summed E-state index contributed by atoms with van der Waals surface area (Å²) in [5.41, 5.74) is 2.06. The third-order valence-electron chi connectivity index (χ3n) is 8.90. The molecular formula is C29H25ClN2O5. The molecule has 2 bridgehead atoms. The summed E-state index contributed by atoms with van der Waals surface area (Å²) in [6.07, 6.45) is 5.48. The van der Waals surface area contributed by atoms with Gasteiger partial charge < -0.3 is 9.64 Å². The van der Waals surface area contributed by atoms with Crippen molar-refractivity contribution < 1.29 is 23.9 Å². The van der Waals surface area contributed by atoms with Gasteiger partial charge in [0.25, 0.3) is 0 Å². The molecule has 4 aliphatic carbocycles. The van der Waals surface area contributed by atoms with E-state index in [-0.39, 0.29) is 54.4 Å². The summed E-state index contributed by atoms with van der Waals surface area (Å²) in [5, 5.41) is 0.561. The van der Waals surface area contributed by atoms with E-state index in [0.717, 1.165) is 12.0 Å². The molecular weight excluding hydrogens is 492 g/mol. The predicted molar refractivity (Wildman–Crippen MR) is 136 cm³/mol. The van der Waals surface area contributed by atoms with Gasteiger partial charge in [-0.1, -0.05) is 29.8 Å². The van der Waals surface area contributed by atoms with Crippen molar-refractivity contribution in [3.63, 3.8) is 0 Å². The zero-order valence-electron chi connectivity index (χ0n) is 20.2. The van der Waals surface area contributed by atoms with Crippen LogP contribution in [0, 0.1) is 48.3 Å². The minimum absolute atomic E-state index is 0.0559. The minimum atomic E-state index is -0.605. The number of imide groups is 1. The first kappa shape index (κ1) is 22.7. The average molecular weight is 517 g/mol. The van der Waals surface area contributed by atoms with Gasteiger partial charge in [-0.2, -0.15) is 0 Å². The van der Waals surface area contributed by atoms with Crippen LogP contribution in [0.4, 0.5) is 11.4 Å². The number of halogens is 1. The minimum Gasteiger partial charge on any atom is -0.426 e. The monoisotopic (exact) mass is 516 g/mol. The van der Waals surface area contributed by atoms with E-state index in [1.807, 2.05) is 19.1 Å². The van der Waals surface area contributed by atoms with E-state index >= 15 is 0 Å². The Labute approximate surface area is 219 Å². The van der Waals surface area contributed by atoms with E-state index < -0.39 is 11.9 Å². The van der Waals surface area contributed by atoms with Crippen LogP contribution >= 0.6 is 11.6 Å². The molecule has 2 saturated carbocycles.